The number of carbonyl (C=O) groups excluding carboxylic acids is 1. The van der Waals surface area contributed by atoms with Crippen LogP contribution in [0.15, 0.2) is 78.0 Å². The molecule has 1 aliphatic carbocycles. The molecule has 3 fully saturated rings. The highest BCUT2D eigenvalue weighted by Gasteiger charge is 2.56. The van der Waals surface area contributed by atoms with Gasteiger partial charge in [-0.2, -0.15) is 5.10 Å². The van der Waals surface area contributed by atoms with Crippen molar-refractivity contribution in [2.45, 2.75) is 56.8 Å². The van der Waals surface area contributed by atoms with Gasteiger partial charge in [-0.25, -0.2) is 19.3 Å². The molecular formula is C34H39N7O5. The lowest BCUT2D eigenvalue weighted by Gasteiger charge is -2.53. The standard InChI is InChI=1S/C34H39N7O5/c42-30-27-19-36-41(20-25-9-3-1-4-10-25)29(27)35-24-39(30)23-34(46)15-16-38(22-33(34)13-7-8-14-33)31(43)40-18-17-37(32(44)45)21-28(40)26-11-5-2-6-12-26/h1-6,9-12,19,24,28,46H,7-8,13-18,20-23H2,(H,44,45)/t28-,34?/m0/s1. The third-order valence-electron chi connectivity index (χ3n) is 10.4. The first-order valence-corrected chi connectivity index (χ1v) is 16.0. The van der Waals surface area contributed by atoms with Crippen LogP contribution in [0.4, 0.5) is 9.59 Å². The molecule has 4 heterocycles. The van der Waals surface area contributed by atoms with E-state index in [1.165, 1.54) is 15.8 Å². The van der Waals surface area contributed by atoms with Crippen LogP contribution in [-0.2, 0) is 13.1 Å². The maximum absolute atomic E-state index is 14.2. The van der Waals surface area contributed by atoms with E-state index in [1.807, 2.05) is 65.6 Å². The number of aromatic nitrogens is 4. The minimum atomic E-state index is -1.21. The lowest BCUT2D eigenvalue weighted by molar-refractivity contribution is -0.137. The van der Waals surface area contributed by atoms with Crippen LogP contribution in [0.25, 0.3) is 11.0 Å². The number of piperidine rings is 1. The van der Waals surface area contributed by atoms with Crippen LogP contribution < -0.4 is 5.56 Å². The van der Waals surface area contributed by atoms with Gasteiger partial charge in [-0.15, -0.1) is 0 Å². The molecule has 2 aliphatic heterocycles. The van der Waals surface area contributed by atoms with Gasteiger partial charge in [-0.05, 0) is 30.4 Å². The maximum atomic E-state index is 14.2. The Hall–Kier alpha value is -4.71. The Morgan fingerprint density at radius 2 is 1.63 bits per heavy atom. The Labute approximate surface area is 266 Å². The first-order valence-electron chi connectivity index (χ1n) is 16.0. The van der Waals surface area contributed by atoms with Gasteiger partial charge in [0.25, 0.3) is 5.56 Å². The number of piperazine rings is 1. The highest BCUT2D eigenvalue weighted by Crippen LogP contribution is 2.52. The van der Waals surface area contributed by atoms with E-state index in [4.69, 9.17) is 0 Å². The number of carboxylic acid groups (broad SMARTS) is 1. The lowest BCUT2D eigenvalue weighted by atomic mass is 9.66. The van der Waals surface area contributed by atoms with Crippen LogP contribution in [0.2, 0.25) is 0 Å². The first-order chi connectivity index (χ1) is 22.3. The Bertz CT molecular complexity index is 1790. The van der Waals surface area contributed by atoms with Crippen molar-refractivity contribution in [3.05, 3.63) is 94.7 Å². The SMILES string of the molecule is O=C(O)N1CCN(C(=O)N2CCC(O)(Cn3cnc4c(cnn4Cc4ccccc4)c3=O)C3(CCCC3)C2)[C@H](c2ccccc2)C1. The summed E-state index contributed by atoms with van der Waals surface area (Å²) in [7, 11) is 0. The van der Waals surface area contributed by atoms with Crippen molar-refractivity contribution in [1.29, 1.82) is 0 Å². The van der Waals surface area contributed by atoms with Gasteiger partial charge in [0.15, 0.2) is 5.65 Å². The van der Waals surface area contributed by atoms with Crippen LogP contribution >= 0.6 is 0 Å². The molecule has 3 aliphatic rings. The monoisotopic (exact) mass is 625 g/mol. The van der Waals surface area contributed by atoms with Gasteiger partial charge in [0.05, 0.1) is 30.9 Å². The molecule has 2 N–H and O–H groups in total. The minimum absolute atomic E-state index is 0.0879. The molecule has 2 saturated heterocycles. The number of urea groups is 1. The van der Waals surface area contributed by atoms with E-state index < -0.39 is 23.2 Å². The first kappa shape index (κ1) is 30.0. The molecule has 240 valence electrons. The Balaban J connectivity index is 1.12. The quantitative estimate of drug-likeness (QED) is 0.344. The van der Waals surface area contributed by atoms with E-state index in [0.717, 1.165) is 36.8 Å². The molecule has 1 unspecified atom stereocenters. The molecule has 0 radical (unpaired) electrons. The summed E-state index contributed by atoms with van der Waals surface area (Å²) in [6, 6.07) is 18.9. The van der Waals surface area contributed by atoms with Gasteiger partial charge in [0.2, 0.25) is 0 Å². The number of carbonyl (C=O) groups is 2. The number of aliphatic hydroxyl groups is 1. The van der Waals surface area contributed by atoms with Crippen molar-refractivity contribution < 1.29 is 19.8 Å². The number of hydrogen-bond acceptors (Lipinski definition) is 6. The van der Waals surface area contributed by atoms with Crippen molar-refractivity contribution in [3.8, 4) is 0 Å². The number of benzene rings is 2. The fourth-order valence-electron chi connectivity index (χ4n) is 7.85. The molecule has 3 amide bonds. The molecule has 7 rings (SSSR count). The van der Waals surface area contributed by atoms with E-state index >= 15 is 0 Å². The summed E-state index contributed by atoms with van der Waals surface area (Å²) in [5, 5.41) is 26.9. The van der Waals surface area contributed by atoms with Crippen LogP contribution in [-0.4, -0.2) is 94.7 Å². The van der Waals surface area contributed by atoms with Gasteiger partial charge in [0, 0.05) is 38.1 Å². The molecule has 1 saturated carbocycles. The van der Waals surface area contributed by atoms with Crippen molar-refractivity contribution in [2.75, 3.05) is 32.7 Å². The molecule has 12 nitrogen and oxygen atoms in total. The van der Waals surface area contributed by atoms with Crippen molar-refractivity contribution >= 4 is 23.2 Å². The Kier molecular flexibility index (Phi) is 7.75. The van der Waals surface area contributed by atoms with E-state index in [9.17, 15) is 24.6 Å². The molecular weight excluding hydrogens is 586 g/mol. The predicted molar refractivity (Wildman–Crippen MR) is 170 cm³/mol. The summed E-state index contributed by atoms with van der Waals surface area (Å²) in [4.78, 5) is 49.3. The van der Waals surface area contributed by atoms with Crippen LogP contribution in [0.3, 0.4) is 0 Å². The van der Waals surface area contributed by atoms with E-state index in [0.29, 0.717) is 37.1 Å². The van der Waals surface area contributed by atoms with E-state index in [-0.39, 0.29) is 37.8 Å². The lowest BCUT2D eigenvalue weighted by Crippen LogP contribution is -2.64. The summed E-state index contributed by atoms with van der Waals surface area (Å²) in [5.41, 5.74) is 0.421. The minimum Gasteiger partial charge on any atom is -0.465 e. The number of fused-ring (bicyclic) bond motifs is 1. The smallest absolute Gasteiger partial charge is 0.407 e. The normalized spacial score (nSPS) is 22.9. The van der Waals surface area contributed by atoms with E-state index in [1.54, 1.807) is 15.8 Å². The van der Waals surface area contributed by atoms with E-state index in [2.05, 4.69) is 10.1 Å². The van der Waals surface area contributed by atoms with Crippen molar-refractivity contribution in [2.24, 2.45) is 5.41 Å². The molecule has 2 aromatic carbocycles. The Morgan fingerprint density at radius 1 is 0.913 bits per heavy atom. The number of amides is 3. The zero-order valence-electron chi connectivity index (χ0n) is 25.7. The third kappa shape index (κ3) is 5.30. The van der Waals surface area contributed by atoms with Gasteiger partial charge < -0.3 is 24.9 Å². The summed E-state index contributed by atoms with van der Waals surface area (Å²) < 4.78 is 3.22. The second-order valence-electron chi connectivity index (χ2n) is 13.0. The number of hydrogen-bond donors (Lipinski definition) is 2. The van der Waals surface area contributed by atoms with Crippen LogP contribution in [0, 0.1) is 5.41 Å². The molecule has 1 spiro atoms. The Morgan fingerprint density at radius 3 is 2.35 bits per heavy atom. The number of likely N-dealkylation sites (tertiary alicyclic amines) is 1. The average Bonchev–Trinajstić information content (AvgIpc) is 3.72. The van der Waals surface area contributed by atoms with Crippen molar-refractivity contribution in [1.82, 2.24) is 34.0 Å². The zero-order valence-corrected chi connectivity index (χ0v) is 25.7. The zero-order chi connectivity index (χ0) is 31.9. The average molecular weight is 626 g/mol. The third-order valence-corrected chi connectivity index (χ3v) is 10.4. The van der Waals surface area contributed by atoms with Crippen molar-refractivity contribution in [3.63, 3.8) is 0 Å². The second-order valence-corrected chi connectivity index (χ2v) is 13.0. The second kappa shape index (κ2) is 11.9. The number of rotatable bonds is 5. The molecule has 12 heteroatoms. The molecule has 4 aromatic rings. The summed E-state index contributed by atoms with van der Waals surface area (Å²) in [5.74, 6) is 0. The largest absolute Gasteiger partial charge is 0.465 e. The van der Waals surface area contributed by atoms with Gasteiger partial charge in [0.1, 0.15) is 11.7 Å². The maximum Gasteiger partial charge on any atom is 0.407 e. The van der Waals surface area contributed by atoms with Gasteiger partial charge >= 0.3 is 12.1 Å². The van der Waals surface area contributed by atoms with Gasteiger partial charge in [-0.1, -0.05) is 73.5 Å². The molecule has 0 bridgehead atoms. The molecule has 46 heavy (non-hydrogen) atoms. The van der Waals surface area contributed by atoms with Gasteiger partial charge in [-0.3, -0.25) is 9.36 Å². The van der Waals surface area contributed by atoms with Crippen LogP contribution in [0.5, 0.6) is 0 Å². The summed E-state index contributed by atoms with van der Waals surface area (Å²) in [6.07, 6.45) is 5.77. The fourth-order valence-corrected chi connectivity index (χ4v) is 7.85. The number of nitrogens with zero attached hydrogens (tertiary/aromatic N) is 7. The van der Waals surface area contributed by atoms with Crippen LogP contribution in [0.1, 0.15) is 49.3 Å². The summed E-state index contributed by atoms with van der Waals surface area (Å²) in [6.45, 7) is 2.03. The molecule has 2 atom stereocenters. The highest BCUT2D eigenvalue weighted by atomic mass is 16.4. The highest BCUT2D eigenvalue weighted by molar-refractivity contribution is 5.76. The molecule has 2 aromatic heterocycles. The fraction of sp³-hybridized carbons (Fsp3) is 0.441. The topological polar surface area (TPSA) is 137 Å². The summed E-state index contributed by atoms with van der Waals surface area (Å²) >= 11 is 0. The predicted octanol–water partition coefficient (Wildman–Crippen LogP) is 3.80.